The lowest BCUT2D eigenvalue weighted by Gasteiger charge is -2.30. The molecule has 1 atom stereocenters. The van der Waals surface area contributed by atoms with Crippen molar-refractivity contribution >= 4 is 17.6 Å². The van der Waals surface area contributed by atoms with Crippen LogP contribution in [0.1, 0.15) is 44.4 Å². The molecular formula is C27H35FN4O5. The highest BCUT2D eigenvalue weighted by Crippen LogP contribution is 2.37. The summed E-state index contributed by atoms with van der Waals surface area (Å²) >= 11 is 0. The molecule has 200 valence electrons. The van der Waals surface area contributed by atoms with Gasteiger partial charge in [-0.1, -0.05) is 18.2 Å². The van der Waals surface area contributed by atoms with Crippen LogP contribution < -0.4 is 14.8 Å². The molecule has 1 heterocycles. The smallest absolute Gasteiger partial charge is 0.318 e. The molecule has 0 aromatic heterocycles. The number of ether oxygens (including phenoxy) is 3. The number of nitrogens with zero attached hydrogens (tertiary/aromatic N) is 3. The molecule has 3 rings (SSSR count). The number of halogens is 1. The fourth-order valence-electron chi connectivity index (χ4n) is 3.97. The lowest BCUT2D eigenvalue weighted by molar-refractivity contribution is -0.133. The quantitative estimate of drug-likeness (QED) is 0.547. The first-order valence-corrected chi connectivity index (χ1v) is 12.0. The zero-order valence-electron chi connectivity index (χ0n) is 22.2. The van der Waals surface area contributed by atoms with Crippen LogP contribution in [-0.2, 0) is 9.53 Å². The van der Waals surface area contributed by atoms with E-state index in [2.05, 4.69) is 10.4 Å². The number of amides is 3. The van der Waals surface area contributed by atoms with Crippen LogP contribution in [0.2, 0.25) is 0 Å². The average molecular weight is 515 g/mol. The first kappa shape index (κ1) is 27.9. The Balaban J connectivity index is 1.94. The Kier molecular flexibility index (Phi) is 9.09. The Labute approximate surface area is 217 Å². The predicted octanol–water partition coefficient (Wildman–Crippen LogP) is 3.98. The van der Waals surface area contributed by atoms with Gasteiger partial charge >= 0.3 is 6.03 Å². The van der Waals surface area contributed by atoms with Crippen LogP contribution in [0.4, 0.5) is 9.18 Å². The Morgan fingerprint density at radius 2 is 1.76 bits per heavy atom. The van der Waals surface area contributed by atoms with Crippen molar-refractivity contribution < 1.29 is 28.2 Å². The van der Waals surface area contributed by atoms with Crippen molar-refractivity contribution in [2.75, 3.05) is 41.0 Å². The van der Waals surface area contributed by atoms with Crippen LogP contribution in [-0.4, -0.2) is 74.1 Å². The Hall–Kier alpha value is -3.66. The standard InChI is InChI=1S/C27H35FN4O5/c1-27(2,3)29-26(34)31(13-14-35-4)17-25(33)32-22(19-9-12-23(36-5)24(15-19)37-6)16-21(30-32)18-7-10-20(28)11-8-18/h7-12,15,22H,13-14,16-17H2,1-6H3,(H,29,34). The van der Waals surface area contributed by atoms with Gasteiger partial charge in [-0.15, -0.1) is 0 Å². The van der Waals surface area contributed by atoms with Gasteiger partial charge in [0.25, 0.3) is 5.91 Å². The van der Waals surface area contributed by atoms with E-state index in [9.17, 15) is 14.0 Å². The fraction of sp³-hybridized carbons (Fsp3) is 0.444. The monoisotopic (exact) mass is 514 g/mol. The third-order valence-electron chi connectivity index (χ3n) is 5.80. The summed E-state index contributed by atoms with van der Waals surface area (Å²) in [6.45, 7) is 5.91. The number of hydrogen-bond acceptors (Lipinski definition) is 6. The molecule has 1 aliphatic heterocycles. The van der Waals surface area contributed by atoms with Gasteiger partial charge in [0.05, 0.1) is 32.6 Å². The van der Waals surface area contributed by atoms with Gasteiger partial charge < -0.3 is 24.4 Å². The maximum Gasteiger partial charge on any atom is 0.318 e. The number of carbonyl (C=O) groups excluding carboxylic acids is 2. The van der Waals surface area contributed by atoms with Crippen LogP contribution in [0.15, 0.2) is 47.6 Å². The molecule has 0 radical (unpaired) electrons. The highest BCUT2D eigenvalue weighted by molar-refractivity contribution is 6.03. The molecule has 37 heavy (non-hydrogen) atoms. The Morgan fingerprint density at radius 1 is 1.08 bits per heavy atom. The molecule has 1 aliphatic rings. The van der Waals surface area contributed by atoms with Crippen molar-refractivity contribution in [2.45, 2.75) is 38.8 Å². The van der Waals surface area contributed by atoms with Crippen LogP contribution in [0.5, 0.6) is 11.5 Å². The van der Waals surface area contributed by atoms with Gasteiger partial charge in [0.1, 0.15) is 12.4 Å². The SMILES string of the molecule is COCCN(CC(=O)N1N=C(c2ccc(F)cc2)CC1c1ccc(OC)c(OC)c1)C(=O)NC(C)(C)C. The molecule has 0 saturated heterocycles. The summed E-state index contributed by atoms with van der Waals surface area (Å²) in [6, 6.07) is 10.6. The van der Waals surface area contributed by atoms with E-state index in [1.165, 1.54) is 29.2 Å². The second kappa shape index (κ2) is 12.1. The fourth-order valence-corrected chi connectivity index (χ4v) is 3.97. The molecule has 0 saturated carbocycles. The molecule has 10 heteroatoms. The Bertz CT molecular complexity index is 1130. The topological polar surface area (TPSA) is 92.7 Å². The van der Waals surface area contributed by atoms with E-state index in [1.54, 1.807) is 32.4 Å². The molecule has 0 fully saturated rings. The Morgan fingerprint density at radius 3 is 2.35 bits per heavy atom. The number of urea groups is 1. The molecular weight excluding hydrogens is 479 g/mol. The van der Waals surface area contributed by atoms with Crippen LogP contribution in [0, 0.1) is 5.82 Å². The van der Waals surface area contributed by atoms with Gasteiger partial charge in [-0.3, -0.25) is 4.79 Å². The van der Waals surface area contributed by atoms with E-state index in [1.807, 2.05) is 32.9 Å². The van der Waals surface area contributed by atoms with Gasteiger partial charge in [-0.2, -0.15) is 5.10 Å². The summed E-state index contributed by atoms with van der Waals surface area (Å²) in [4.78, 5) is 28.0. The molecule has 3 amide bonds. The second-order valence-corrected chi connectivity index (χ2v) is 9.72. The van der Waals surface area contributed by atoms with Crippen molar-refractivity contribution in [2.24, 2.45) is 5.10 Å². The number of methoxy groups -OCH3 is 3. The zero-order chi connectivity index (χ0) is 27.2. The van der Waals surface area contributed by atoms with Gasteiger partial charge in [0, 0.05) is 25.6 Å². The lowest BCUT2D eigenvalue weighted by Crippen LogP contribution is -2.52. The maximum absolute atomic E-state index is 13.6. The summed E-state index contributed by atoms with van der Waals surface area (Å²) < 4.78 is 29.5. The molecule has 1 unspecified atom stereocenters. The normalized spacial score (nSPS) is 15.3. The highest BCUT2D eigenvalue weighted by Gasteiger charge is 2.35. The minimum Gasteiger partial charge on any atom is -0.493 e. The van der Waals surface area contributed by atoms with Crippen molar-refractivity contribution in [1.82, 2.24) is 15.2 Å². The molecule has 2 aromatic rings. The van der Waals surface area contributed by atoms with Gasteiger partial charge in [-0.05, 0) is 56.2 Å². The second-order valence-electron chi connectivity index (χ2n) is 9.72. The van der Waals surface area contributed by atoms with E-state index in [-0.39, 0.29) is 37.5 Å². The van der Waals surface area contributed by atoms with E-state index in [4.69, 9.17) is 14.2 Å². The van der Waals surface area contributed by atoms with Crippen molar-refractivity contribution in [3.05, 3.63) is 59.4 Å². The number of benzene rings is 2. The minimum absolute atomic E-state index is 0.199. The molecule has 0 spiro atoms. The van der Waals surface area contributed by atoms with Gasteiger partial charge in [0.2, 0.25) is 0 Å². The van der Waals surface area contributed by atoms with Crippen molar-refractivity contribution in [3.8, 4) is 11.5 Å². The first-order valence-electron chi connectivity index (χ1n) is 12.0. The summed E-state index contributed by atoms with van der Waals surface area (Å²) in [7, 11) is 4.63. The highest BCUT2D eigenvalue weighted by atomic mass is 19.1. The predicted molar refractivity (Wildman–Crippen MR) is 138 cm³/mol. The average Bonchev–Trinajstić information content (AvgIpc) is 3.31. The summed E-state index contributed by atoms with van der Waals surface area (Å²) in [5.41, 5.74) is 1.66. The third-order valence-corrected chi connectivity index (χ3v) is 5.80. The van der Waals surface area contributed by atoms with Crippen LogP contribution >= 0.6 is 0 Å². The van der Waals surface area contributed by atoms with E-state index in [0.717, 1.165) is 5.56 Å². The molecule has 0 aliphatic carbocycles. The van der Waals surface area contributed by atoms with Gasteiger partial charge in [-0.25, -0.2) is 14.2 Å². The zero-order valence-corrected chi connectivity index (χ0v) is 22.2. The van der Waals surface area contributed by atoms with E-state index < -0.39 is 11.6 Å². The lowest BCUT2D eigenvalue weighted by atomic mass is 9.98. The summed E-state index contributed by atoms with van der Waals surface area (Å²) in [5, 5.41) is 8.91. The van der Waals surface area contributed by atoms with E-state index >= 15 is 0 Å². The first-order chi connectivity index (χ1) is 17.6. The molecule has 9 nitrogen and oxygen atoms in total. The molecule has 0 bridgehead atoms. The van der Waals surface area contributed by atoms with E-state index in [0.29, 0.717) is 29.2 Å². The summed E-state index contributed by atoms with van der Waals surface area (Å²) in [5.74, 6) is 0.364. The van der Waals surface area contributed by atoms with Gasteiger partial charge in [0.15, 0.2) is 11.5 Å². The summed E-state index contributed by atoms with van der Waals surface area (Å²) in [6.07, 6.45) is 0.402. The maximum atomic E-state index is 13.6. The van der Waals surface area contributed by atoms with Crippen molar-refractivity contribution in [1.29, 1.82) is 0 Å². The number of hydrogen-bond donors (Lipinski definition) is 1. The van der Waals surface area contributed by atoms with Crippen molar-refractivity contribution in [3.63, 3.8) is 0 Å². The number of hydrazone groups is 1. The number of carbonyl (C=O) groups is 2. The number of nitrogens with one attached hydrogen (secondary N) is 1. The number of rotatable bonds is 9. The van der Waals surface area contributed by atoms with Crippen LogP contribution in [0.25, 0.3) is 0 Å². The third kappa shape index (κ3) is 7.19. The largest absolute Gasteiger partial charge is 0.493 e. The molecule has 2 aromatic carbocycles. The van der Waals surface area contributed by atoms with Crippen LogP contribution in [0.3, 0.4) is 0 Å². The minimum atomic E-state index is -0.477. The molecule has 1 N–H and O–H groups in total.